The normalized spacial score (nSPS) is 14.8. The van der Waals surface area contributed by atoms with Crippen LogP contribution in [0.5, 0.6) is 0 Å². The second-order valence-corrected chi connectivity index (χ2v) is 7.86. The molecular formula is C22H30N6S. The highest BCUT2D eigenvalue weighted by Crippen LogP contribution is 2.22. The Morgan fingerprint density at radius 3 is 2.52 bits per heavy atom. The zero-order chi connectivity index (χ0) is 20.3. The number of aromatic nitrogens is 1. The summed E-state index contributed by atoms with van der Waals surface area (Å²) in [5.41, 5.74) is 11.0. The molecule has 1 aromatic heterocycles. The van der Waals surface area contributed by atoms with Gasteiger partial charge in [0.15, 0.2) is 5.11 Å². The first kappa shape index (κ1) is 21.2. The van der Waals surface area contributed by atoms with Crippen molar-refractivity contribution in [1.82, 2.24) is 15.7 Å². The summed E-state index contributed by atoms with van der Waals surface area (Å²) in [6, 6.07) is 12.2. The van der Waals surface area contributed by atoms with Crippen LogP contribution in [0.1, 0.15) is 37.7 Å². The smallest absolute Gasteiger partial charge is 0.184 e. The number of nitrogens with two attached hydrogens (primary N) is 1. The van der Waals surface area contributed by atoms with Gasteiger partial charge in [-0.05, 0) is 60.8 Å². The molecule has 1 aliphatic rings. The molecule has 0 bridgehead atoms. The number of hydrogen-bond donors (Lipinski definition) is 4. The van der Waals surface area contributed by atoms with Crippen LogP contribution >= 0.6 is 12.2 Å². The molecule has 1 fully saturated rings. The van der Waals surface area contributed by atoms with Gasteiger partial charge in [-0.3, -0.25) is 5.43 Å². The van der Waals surface area contributed by atoms with Crippen molar-refractivity contribution < 1.29 is 0 Å². The zero-order valence-corrected chi connectivity index (χ0v) is 17.5. The van der Waals surface area contributed by atoms with Crippen LogP contribution in [0, 0.1) is 5.92 Å². The number of rotatable bonds is 9. The lowest BCUT2D eigenvalue weighted by molar-refractivity contribution is 0.344. The lowest BCUT2D eigenvalue weighted by atomic mass is 9.89. The van der Waals surface area contributed by atoms with Crippen LogP contribution in [0.2, 0.25) is 0 Å². The number of thiocarbonyl (C=S) groups is 1. The van der Waals surface area contributed by atoms with E-state index in [1.54, 1.807) is 6.21 Å². The lowest BCUT2D eigenvalue weighted by Gasteiger charge is -2.21. The molecule has 0 aliphatic heterocycles. The standard InChI is InChI=1S/C22H30N6S/c23-22(29)28-27-15-18-6-8-19(9-7-18)20-10-11-21(26-16-20)25-13-12-24-14-17-4-2-1-3-5-17/h6-11,15-17,24H,1-5,12-14H2,(H,25,26)(H3,23,28,29)/b27-15+. The van der Waals surface area contributed by atoms with Gasteiger partial charge < -0.3 is 16.4 Å². The van der Waals surface area contributed by atoms with E-state index in [0.717, 1.165) is 48.1 Å². The van der Waals surface area contributed by atoms with Crippen molar-refractivity contribution in [2.24, 2.45) is 16.8 Å². The van der Waals surface area contributed by atoms with Crippen LogP contribution < -0.4 is 21.8 Å². The number of anilines is 1. The molecule has 0 spiro atoms. The molecule has 5 N–H and O–H groups in total. The van der Waals surface area contributed by atoms with Crippen molar-refractivity contribution in [2.45, 2.75) is 32.1 Å². The molecule has 2 aromatic rings. The Morgan fingerprint density at radius 2 is 1.83 bits per heavy atom. The lowest BCUT2D eigenvalue weighted by Crippen LogP contribution is -2.28. The maximum Gasteiger partial charge on any atom is 0.184 e. The van der Waals surface area contributed by atoms with Crippen molar-refractivity contribution in [3.8, 4) is 11.1 Å². The number of nitrogens with zero attached hydrogens (tertiary/aromatic N) is 2. The molecule has 0 unspecified atom stereocenters. The monoisotopic (exact) mass is 410 g/mol. The van der Waals surface area contributed by atoms with Gasteiger partial charge in [0, 0.05) is 24.8 Å². The number of pyridine rings is 1. The van der Waals surface area contributed by atoms with Crippen LogP contribution in [0.25, 0.3) is 11.1 Å². The summed E-state index contributed by atoms with van der Waals surface area (Å²) in [6.45, 7) is 2.99. The fourth-order valence-corrected chi connectivity index (χ4v) is 3.63. The minimum Gasteiger partial charge on any atom is -0.375 e. The molecule has 0 saturated heterocycles. The molecule has 1 heterocycles. The molecule has 1 saturated carbocycles. The predicted octanol–water partition coefficient (Wildman–Crippen LogP) is 3.50. The van der Waals surface area contributed by atoms with E-state index in [2.05, 4.69) is 32.2 Å². The molecule has 1 aliphatic carbocycles. The van der Waals surface area contributed by atoms with E-state index >= 15 is 0 Å². The van der Waals surface area contributed by atoms with Gasteiger partial charge in [0.1, 0.15) is 5.82 Å². The van der Waals surface area contributed by atoms with Crippen LogP contribution in [0.4, 0.5) is 5.82 Å². The van der Waals surface area contributed by atoms with Crippen molar-refractivity contribution in [1.29, 1.82) is 0 Å². The Balaban J connectivity index is 1.41. The predicted molar refractivity (Wildman–Crippen MR) is 125 cm³/mol. The maximum absolute atomic E-state index is 5.34. The third-order valence-corrected chi connectivity index (χ3v) is 5.25. The molecule has 6 nitrogen and oxygen atoms in total. The van der Waals surface area contributed by atoms with E-state index in [0.29, 0.717) is 0 Å². The molecule has 29 heavy (non-hydrogen) atoms. The molecule has 7 heteroatoms. The number of nitrogens with one attached hydrogen (secondary N) is 3. The highest BCUT2D eigenvalue weighted by atomic mass is 32.1. The van der Waals surface area contributed by atoms with Crippen molar-refractivity contribution >= 4 is 29.4 Å². The summed E-state index contributed by atoms with van der Waals surface area (Å²) in [7, 11) is 0. The molecule has 154 valence electrons. The Labute approximate surface area is 178 Å². The highest BCUT2D eigenvalue weighted by molar-refractivity contribution is 7.80. The summed E-state index contributed by atoms with van der Waals surface area (Å²) in [5, 5.41) is 11.1. The van der Waals surface area contributed by atoms with E-state index in [4.69, 9.17) is 18.0 Å². The van der Waals surface area contributed by atoms with Crippen molar-refractivity contribution in [3.63, 3.8) is 0 Å². The summed E-state index contributed by atoms with van der Waals surface area (Å²) in [6.07, 6.45) is 10.6. The van der Waals surface area contributed by atoms with Gasteiger partial charge in [-0.15, -0.1) is 0 Å². The van der Waals surface area contributed by atoms with Gasteiger partial charge in [-0.2, -0.15) is 5.10 Å². The highest BCUT2D eigenvalue weighted by Gasteiger charge is 2.12. The van der Waals surface area contributed by atoms with Gasteiger partial charge in [-0.1, -0.05) is 43.5 Å². The number of hydrazone groups is 1. The Bertz CT molecular complexity index is 782. The first-order valence-electron chi connectivity index (χ1n) is 10.3. The van der Waals surface area contributed by atoms with E-state index in [9.17, 15) is 0 Å². The van der Waals surface area contributed by atoms with E-state index < -0.39 is 0 Å². The van der Waals surface area contributed by atoms with Gasteiger partial charge in [-0.25, -0.2) is 4.98 Å². The first-order valence-corrected chi connectivity index (χ1v) is 10.7. The summed E-state index contributed by atoms with van der Waals surface area (Å²) in [5.74, 6) is 1.77. The Kier molecular flexibility index (Phi) is 8.40. The minimum absolute atomic E-state index is 0.151. The second kappa shape index (κ2) is 11.5. The third kappa shape index (κ3) is 7.44. The quantitative estimate of drug-likeness (QED) is 0.219. The summed E-state index contributed by atoms with van der Waals surface area (Å²) in [4.78, 5) is 4.53. The number of benzene rings is 1. The van der Waals surface area contributed by atoms with Gasteiger partial charge >= 0.3 is 0 Å². The molecule has 0 radical (unpaired) electrons. The van der Waals surface area contributed by atoms with Crippen molar-refractivity contribution in [2.75, 3.05) is 25.0 Å². The first-order chi connectivity index (χ1) is 14.2. The van der Waals surface area contributed by atoms with Gasteiger partial charge in [0.2, 0.25) is 0 Å². The van der Waals surface area contributed by atoms with Crippen molar-refractivity contribution in [3.05, 3.63) is 48.2 Å². The van der Waals surface area contributed by atoms with Crippen LogP contribution in [-0.4, -0.2) is 35.9 Å². The Morgan fingerprint density at radius 1 is 1.07 bits per heavy atom. The van der Waals surface area contributed by atoms with Gasteiger partial charge in [0.05, 0.1) is 6.21 Å². The molecule has 3 rings (SSSR count). The topological polar surface area (TPSA) is 87.4 Å². The third-order valence-electron chi connectivity index (χ3n) is 5.16. The van der Waals surface area contributed by atoms with E-state index in [-0.39, 0.29) is 5.11 Å². The maximum atomic E-state index is 5.34. The minimum atomic E-state index is 0.151. The average Bonchev–Trinajstić information content (AvgIpc) is 2.75. The molecule has 0 amide bonds. The van der Waals surface area contributed by atoms with Crippen LogP contribution in [-0.2, 0) is 0 Å². The summed E-state index contributed by atoms with van der Waals surface area (Å²) < 4.78 is 0. The fraction of sp³-hybridized carbons (Fsp3) is 0.409. The van der Waals surface area contributed by atoms with Gasteiger partial charge in [0.25, 0.3) is 0 Å². The van der Waals surface area contributed by atoms with E-state index in [1.165, 1.54) is 32.1 Å². The molecular weight excluding hydrogens is 380 g/mol. The molecule has 0 atom stereocenters. The summed E-state index contributed by atoms with van der Waals surface area (Å²) >= 11 is 4.71. The zero-order valence-electron chi connectivity index (χ0n) is 16.7. The second-order valence-electron chi connectivity index (χ2n) is 7.42. The van der Waals surface area contributed by atoms with Crippen LogP contribution in [0.3, 0.4) is 0 Å². The van der Waals surface area contributed by atoms with Crippen LogP contribution in [0.15, 0.2) is 47.7 Å². The molecule has 1 aromatic carbocycles. The average molecular weight is 411 g/mol. The SMILES string of the molecule is NC(=S)N/N=C/c1ccc(-c2ccc(NCCNCC3CCCCC3)nc2)cc1. The Hall–Kier alpha value is -2.51. The fourth-order valence-electron chi connectivity index (χ4n) is 3.58. The van der Waals surface area contributed by atoms with E-state index in [1.807, 2.05) is 36.5 Å². The largest absolute Gasteiger partial charge is 0.375 e. The number of hydrogen-bond acceptors (Lipinski definition) is 5.